The van der Waals surface area contributed by atoms with Crippen LogP contribution < -0.4 is 5.32 Å². The highest BCUT2D eigenvalue weighted by Crippen LogP contribution is 2.10. The summed E-state index contributed by atoms with van der Waals surface area (Å²) in [4.78, 5) is 4.07. The van der Waals surface area contributed by atoms with Gasteiger partial charge in [0.2, 0.25) is 0 Å². The molecule has 0 radical (unpaired) electrons. The Bertz CT molecular complexity index is 424. The fourth-order valence-corrected chi connectivity index (χ4v) is 1.46. The third kappa shape index (κ3) is 4.68. The van der Waals surface area contributed by atoms with E-state index in [4.69, 9.17) is 0 Å². The molecule has 2 nitrogen and oxygen atoms in total. The normalized spacial score (nSPS) is 9.12. The summed E-state index contributed by atoms with van der Waals surface area (Å²) in [5.74, 6) is 0. The molecule has 1 N–H and O–H groups in total. The summed E-state index contributed by atoms with van der Waals surface area (Å²) in [7, 11) is 0. The number of anilines is 1. The summed E-state index contributed by atoms with van der Waals surface area (Å²) in [5.41, 5.74) is 3.61. The fourth-order valence-electron chi connectivity index (χ4n) is 1.46. The van der Waals surface area contributed by atoms with Gasteiger partial charge in [-0.15, -0.1) is 0 Å². The predicted molar refractivity (Wildman–Crippen MR) is 74.1 cm³/mol. The topological polar surface area (TPSA) is 24.9 Å². The smallest absolute Gasteiger partial charge is 0.0416 e. The Morgan fingerprint density at radius 1 is 1.12 bits per heavy atom. The summed E-state index contributed by atoms with van der Waals surface area (Å²) in [5, 5.41) is 3.36. The Labute approximate surface area is 104 Å². The maximum Gasteiger partial charge on any atom is 0.0416 e. The second-order valence-electron chi connectivity index (χ2n) is 3.58. The van der Waals surface area contributed by atoms with E-state index in [9.17, 15) is 0 Å². The van der Waals surface area contributed by atoms with E-state index in [1.807, 2.05) is 26.1 Å². The minimum absolute atomic E-state index is 0.817. The maximum atomic E-state index is 4.07. The van der Waals surface area contributed by atoms with Crippen molar-refractivity contribution in [2.24, 2.45) is 0 Å². The molecule has 0 aliphatic heterocycles. The minimum atomic E-state index is 0.817. The van der Waals surface area contributed by atoms with Crippen LogP contribution in [-0.2, 0) is 6.54 Å². The van der Waals surface area contributed by atoms with Crippen LogP contribution in [0.25, 0.3) is 0 Å². The average molecular weight is 228 g/mol. The minimum Gasteiger partial charge on any atom is -0.381 e. The van der Waals surface area contributed by atoms with Crippen LogP contribution in [0.2, 0.25) is 0 Å². The lowest BCUT2D eigenvalue weighted by atomic mass is 10.2. The zero-order valence-electron chi connectivity index (χ0n) is 10.8. The Morgan fingerprint density at radius 3 is 2.59 bits per heavy atom. The van der Waals surface area contributed by atoms with Gasteiger partial charge in [0.1, 0.15) is 0 Å². The SMILES string of the molecule is CC.Cc1cccc(NCc2cccnc2)c1. The molecular weight excluding hydrogens is 208 g/mol. The maximum absolute atomic E-state index is 4.07. The zero-order valence-corrected chi connectivity index (χ0v) is 10.8. The van der Waals surface area contributed by atoms with Crippen molar-refractivity contribution < 1.29 is 0 Å². The Balaban J connectivity index is 0.000000686. The van der Waals surface area contributed by atoms with Crippen molar-refractivity contribution in [3.8, 4) is 0 Å². The first kappa shape index (κ1) is 13.2. The number of aromatic nitrogens is 1. The van der Waals surface area contributed by atoms with Crippen LogP contribution in [0.1, 0.15) is 25.0 Å². The number of benzene rings is 1. The number of aryl methyl sites for hydroxylation is 1. The standard InChI is InChI=1S/C13H14N2.C2H6/c1-11-4-2-6-13(8-11)15-10-12-5-3-7-14-9-12;1-2/h2-9,15H,10H2,1H3;1-2H3. The van der Waals surface area contributed by atoms with Gasteiger partial charge in [0.05, 0.1) is 0 Å². The number of hydrogen-bond acceptors (Lipinski definition) is 2. The number of hydrogen-bond donors (Lipinski definition) is 1. The van der Waals surface area contributed by atoms with Crippen molar-refractivity contribution in [2.45, 2.75) is 27.3 Å². The monoisotopic (exact) mass is 228 g/mol. The molecule has 1 aromatic carbocycles. The molecule has 90 valence electrons. The van der Waals surface area contributed by atoms with Gasteiger partial charge in [0.15, 0.2) is 0 Å². The Morgan fingerprint density at radius 2 is 1.94 bits per heavy atom. The highest BCUT2D eigenvalue weighted by atomic mass is 14.9. The van der Waals surface area contributed by atoms with Gasteiger partial charge in [-0.05, 0) is 36.2 Å². The third-order valence-corrected chi connectivity index (χ3v) is 2.24. The van der Waals surface area contributed by atoms with Crippen molar-refractivity contribution in [1.82, 2.24) is 4.98 Å². The first-order valence-electron chi connectivity index (χ1n) is 6.04. The lowest BCUT2D eigenvalue weighted by molar-refractivity contribution is 1.11. The molecule has 0 aliphatic rings. The quantitative estimate of drug-likeness (QED) is 0.858. The van der Waals surface area contributed by atoms with Crippen LogP contribution in [0.15, 0.2) is 48.8 Å². The van der Waals surface area contributed by atoms with E-state index in [0.29, 0.717) is 0 Å². The van der Waals surface area contributed by atoms with Gasteiger partial charge >= 0.3 is 0 Å². The number of pyridine rings is 1. The molecule has 0 saturated heterocycles. The van der Waals surface area contributed by atoms with Crippen LogP contribution >= 0.6 is 0 Å². The molecule has 0 aliphatic carbocycles. The Kier molecular flexibility index (Phi) is 5.80. The third-order valence-electron chi connectivity index (χ3n) is 2.24. The van der Waals surface area contributed by atoms with Gasteiger partial charge in [-0.25, -0.2) is 0 Å². The highest BCUT2D eigenvalue weighted by molar-refractivity contribution is 5.45. The van der Waals surface area contributed by atoms with Gasteiger partial charge in [0.25, 0.3) is 0 Å². The first-order valence-corrected chi connectivity index (χ1v) is 6.04. The molecule has 0 saturated carbocycles. The van der Waals surface area contributed by atoms with Crippen molar-refractivity contribution in [2.75, 3.05) is 5.32 Å². The number of nitrogens with zero attached hydrogens (tertiary/aromatic N) is 1. The second-order valence-corrected chi connectivity index (χ2v) is 3.58. The van der Waals surface area contributed by atoms with Gasteiger partial charge in [0, 0.05) is 24.6 Å². The van der Waals surface area contributed by atoms with Crippen molar-refractivity contribution >= 4 is 5.69 Å². The summed E-state index contributed by atoms with van der Waals surface area (Å²) >= 11 is 0. The van der Waals surface area contributed by atoms with Crippen molar-refractivity contribution in [1.29, 1.82) is 0 Å². The second kappa shape index (κ2) is 7.44. The van der Waals surface area contributed by atoms with Gasteiger partial charge in [-0.2, -0.15) is 0 Å². The van der Waals surface area contributed by atoms with Crippen LogP contribution in [0.4, 0.5) is 5.69 Å². The van der Waals surface area contributed by atoms with Crippen LogP contribution in [0.3, 0.4) is 0 Å². The molecule has 2 aromatic rings. The van der Waals surface area contributed by atoms with E-state index in [1.165, 1.54) is 11.1 Å². The van der Waals surface area contributed by atoms with Crippen LogP contribution in [0, 0.1) is 6.92 Å². The predicted octanol–water partition coefficient (Wildman–Crippen LogP) is 4.03. The van der Waals surface area contributed by atoms with Gasteiger partial charge < -0.3 is 5.32 Å². The van der Waals surface area contributed by atoms with Crippen molar-refractivity contribution in [3.05, 3.63) is 59.9 Å². The summed E-state index contributed by atoms with van der Waals surface area (Å²) < 4.78 is 0. The molecule has 0 fully saturated rings. The molecule has 2 rings (SSSR count). The largest absolute Gasteiger partial charge is 0.381 e. The van der Waals surface area contributed by atoms with Crippen LogP contribution in [0.5, 0.6) is 0 Å². The lowest BCUT2D eigenvalue weighted by Gasteiger charge is -2.06. The molecule has 17 heavy (non-hydrogen) atoms. The van der Waals surface area contributed by atoms with E-state index in [-0.39, 0.29) is 0 Å². The molecular formula is C15H20N2. The van der Waals surface area contributed by atoms with Crippen molar-refractivity contribution in [3.63, 3.8) is 0 Å². The molecule has 0 amide bonds. The highest BCUT2D eigenvalue weighted by Gasteiger charge is 1.93. The van der Waals surface area contributed by atoms with E-state index in [0.717, 1.165) is 12.2 Å². The summed E-state index contributed by atoms with van der Waals surface area (Å²) in [6.45, 7) is 6.91. The molecule has 0 unspecified atom stereocenters. The molecule has 1 heterocycles. The average Bonchev–Trinajstić information content (AvgIpc) is 2.40. The fraction of sp³-hybridized carbons (Fsp3) is 0.267. The molecule has 2 heteroatoms. The zero-order chi connectivity index (χ0) is 12.5. The summed E-state index contributed by atoms with van der Waals surface area (Å²) in [6, 6.07) is 12.4. The van der Waals surface area contributed by atoms with Gasteiger partial charge in [-0.3, -0.25) is 4.98 Å². The molecule has 0 atom stereocenters. The lowest BCUT2D eigenvalue weighted by Crippen LogP contribution is -1.99. The number of rotatable bonds is 3. The van der Waals surface area contributed by atoms with Gasteiger partial charge in [-0.1, -0.05) is 32.0 Å². The summed E-state index contributed by atoms with van der Waals surface area (Å²) in [6.07, 6.45) is 3.67. The molecule has 0 spiro atoms. The van der Waals surface area contributed by atoms with E-state index in [2.05, 4.69) is 47.6 Å². The molecule has 1 aromatic heterocycles. The molecule has 0 bridgehead atoms. The van der Waals surface area contributed by atoms with E-state index < -0.39 is 0 Å². The first-order chi connectivity index (χ1) is 8.34. The number of nitrogens with one attached hydrogen (secondary N) is 1. The van der Waals surface area contributed by atoms with E-state index in [1.54, 1.807) is 6.20 Å². The van der Waals surface area contributed by atoms with Crippen LogP contribution in [-0.4, -0.2) is 4.98 Å². The Hall–Kier alpha value is -1.83. The van der Waals surface area contributed by atoms with E-state index >= 15 is 0 Å².